The molecule has 1 aliphatic rings. The fourth-order valence-corrected chi connectivity index (χ4v) is 4.68. The first-order valence-corrected chi connectivity index (χ1v) is 11.7. The smallest absolute Gasteiger partial charge is 0.409 e. The number of piperazine rings is 1. The van der Waals surface area contributed by atoms with Crippen molar-refractivity contribution in [3.05, 3.63) is 65.5 Å². The molecule has 0 aliphatic carbocycles. The summed E-state index contributed by atoms with van der Waals surface area (Å²) in [5.41, 5.74) is 1.36. The van der Waals surface area contributed by atoms with Gasteiger partial charge in [0.25, 0.3) is 10.0 Å². The van der Waals surface area contributed by atoms with Gasteiger partial charge < -0.3 is 14.5 Å². The second-order valence-corrected chi connectivity index (χ2v) is 9.27. The largest absolute Gasteiger partial charge is 0.450 e. The van der Waals surface area contributed by atoms with Crippen LogP contribution in [0.1, 0.15) is 18.1 Å². The van der Waals surface area contributed by atoms with Crippen LogP contribution in [-0.4, -0.2) is 67.4 Å². The van der Waals surface area contributed by atoms with Crippen LogP contribution in [0.25, 0.3) is 0 Å². The molecule has 8 nitrogen and oxygen atoms in total. The van der Waals surface area contributed by atoms with Crippen LogP contribution >= 0.6 is 0 Å². The molecule has 2 aromatic rings. The van der Waals surface area contributed by atoms with Crippen molar-refractivity contribution in [3.8, 4) is 0 Å². The first-order chi connectivity index (χ1) is 15.2. The number of benzene rings is 2. The fourth-order valence-electron chi connectivity index (χ4n) is 3.30. The topological polar surface area (TPSA) is 87.2 Å². The number of amides is 3. The van der Waals surface area contributed by atoms with E-state index in [1.165, 1.54) is 46.2 Å². The van der Waals surface area contributed by atoms with E-state index in [2.05, 4.69) is 0 Å². The number of nitrogens with zero attached hydrogens (tertiary/aromatic N) is 3. The third-order valence-electron chi connectivity index (χ3n) is 5.14. The molecule has 32 heavy (non-hydrogen) atoms. The monoisotopic (exact) mass is 463 g/mol. The van der Waals surface area contributed by atoms with E-state index in [1.807, 2.05) is 6.92 Å². The molecule has 1 aliphatic heterocycles. The van der Waals surface area contributed by atoms with Crippen LogP contribution < -0.4 is 0 Å². The van der Waals surface area contributed by atoms with Gasteiger partial charge in [0.1, 0.15) is 5.82 Å². The van der Waals surface area contributed by atoms with Crippen LogP contribution in [0.5, 0.6) is 0 Å². The van der Waals surface area contributed by atoms with Gasteiger partial charge in [-0.3, -0.25) is 0 Å². The summed E-state index contributed by atoms with van der Waals surface area (Å²) in [5, 5.41) is 0. The van der Waals surface area contributed by atoms with Crippen LogP contribution in [0, 0.1) is 12.7 Å². The predicted molar refractivity (Wildman–Crippen MR) is 116 cm³/mol. The van der Waals surface area contributed by atoms with E-state index in [1.54, 1.807) is 19.1 Å². The highest BCUT2D eigenvalue weighted by Crippen LogP contribution is 2.22. The Morgan fingerprint density at radius 1 is 0.969 bits per heavy atom. The lowest BCUT2D eigenvalue weighted by Gasteiger charge is -2.36. The van der Waals surface area contributed by atoms with Gasteiger partial charge in [-0.25, -0.2) is 26.7 Å². The second kappa shape index (κ2) is 9.99. The van der Waals surface area contributed by atoms with E-state index < -0.39 is 28.0 Å². The lowest BCUT2D eigenvalue weighted by atomic mass is 10.2. The third-order valence-corrected chi connectivity index (χ3v) is 6.87. The highest BCUT2D eigenvalue weighted by molar-refractivity contribution is 7.89. The number of ether oxygens (including phenoxy) is 1. The zero-order chi connectivity index (χ0) is 23.3. The summed E-state index contributed by atoms with van der Waals surface area (Å²) in [6.07, 6.45) is -0.463. The number of hydrogen-bond donors (Lipinski definition) is 0. The molecule has 0 aromatic heterocycles. The fraction of sp³-hybridized carbons (Fsp3) is 0.364. The molecule has 0 unspecified atom stereocenters. The molecule has 1 saturated heterocycles. The number of hydrogen-bond acceptors (Lipinski definition) is 5. The van der Waals surface area contributed by atoms with Crippen LogP contribution in [0.3, 0.4) is 0 Å². The first kappa shape index (κ1) is 23.5. The number of carbonyl (C=O) groups is 2. The number of aryl methyl sites for hydroxylation is 1. The summed E-state index contributed by atoms with van der Waals surface area (Å²) in [6.45, 7) is 4.36. The zero-order valence-corrected chi connectivity index (χ0v) is 18.8. The predicted octanol–water partition coefficient (Wildman–Crippen LogP) is 3.22. The van der Waals surface area contributed by atoms with E-state index in [4.69, 9.17) is 4.74 Å². The minimum absolute atomic E-state index is 0.0104. The van der Waals surface area contributed by atoms with Gasteiger partial charge in [0.05, 0.1) is 18.0 Å². The molecule has 0 bridgehead atoms. The molecule has 10 heteroatoms. The molecule has 0 saturated carbocycles. The van der Waals surface area contributed by atoms with Gasteiger partial charge in [-0.15, -0.1) is 0 Å². The van der Waals surface area contributed by atoms with Crippen molar-refractivity contribution in [2.45, 2.75) is 25.3 Å². The van der Waals surface area contributed by atoms with Gasteiger partial charge in [-0.1, -0.05) is 29.8 Å². The maximum Gasteiger partial charge on any atom is 0.409 e. The van der Waals surface area contributed by atoms with E-state index in [0.717, 1.165) is 9.87 Å². The molecule has 1 heterocycles. The van der Waals surface area contributed by atoms with E-state index in [-0.39, 0.29) is 44.2 Å². The maximum atomic E-state index is 13.4. The number of halogens is 1. The lowest BCUT2D eigenvalue weighted by molar-refractivity contribution is 0.0822. The quantitative estimate of drug-likeness (QED) is 0.680. The highest BCUT2D eigenvalue weighted by atomic mass is 32.2. The second-order valence-electron chi connectivity index (χ2n) is 7.41. The normalized spacial score (nSPS) is 14.2. The summed E-state index contributed by atoms with van der Waals surface area (Å²) < 4.78 is 45.8. The number of sulfonamides is 1. The van der Waals surface area contributed by atoms with Gasteiger partial charge in [-0.05, 0) is 43.7 Å². The number of rotatable bonds is 5. The standard InChI is InChI=1S/C22H26FN3O5S/c1-3-31-22(28)25-14-12-24(13-15-25)21(27)26(16-18-6-8-19(23)9-7-18)32(29,30)20-10-4-17(2)5-11-20/h4-11H,3,12-16H2,1-2H3. The Morgan fingerprint density at radius 2 is 1.53 bits per heavy atom. The molecule has 0 N–H and O–H groups in total. The Labute approximate surface area is 187 Å². The Kier molecular flexibility index (Phi) is 7.34. The van der Waals surface area contributed by atoms with Crippen LogP contribution in [-0.2, 0) is 21.3 Å². The summed E-state index contributed by atoms with van der Waals surface area (Å²) in [6, 6.07) is 10.8. The van der Waals surface area contributed by atoms with Gasteiger partial charge in [-0.2, -0.15) is 0 Å². The Bertz CT molecular complexity index is 1050. The van der Waals surface area contributed by atoms with Crippen molar-refractivity contribution in [1.82, 2.24) is 14.1 Å². The van der Waals surface area contributed by atoms with Crippen molar-refractivity contribution in [2.75, 3.05) is 32.8 Å². The van der Waals surface area contributed by atoms with Crippen LogP contribution in [0.2, 0.25) is 0 Å². The van der Waals surface area contributed by atoms with E-state index in [9.17, 15) is 22.4 Å². The number of urea groups is 1. The minimum Gasteiger partial charge on any atom is -0.450 e. The van der Waals surface area contributed by atoms with Crippen molar-refractivity contribution >= 4 is 22.1 Å². The van der Waals surface area contributed by atoms with Gasteiger partial charge in [0.2, 0.25) is 0 Å². The van der Waals surface area contributed by atoms with Crippen molar-refractivity contribution in [1.29, 1.82) is 0 Å². The average Bonchev–Trinajstić information content (AvgIpc) is 2.78. The maximum absolute atomic E-state index is 13.4. The lowest BCUT2D eigenvalue weighted by Crippen LogP contribution is -2.54. The molecule has 0 spiro atoms. The van der Waals surface area contributed by atoms with Gasteiger partial charge in [0.15, 0.2) is 0 Å². The Morgan fingerprint density at radius 3 is 2.09 bits per heavy atom. The molecule has 3 rings (SSSR count). The molecular formula is C22H26FN3O5S. The molecule has 2 aromatic carbocycles. The molecule has 0 atom stereocenters. The molecule has 172 valence electrons. The van der Waals surface area contributed by atoms with Crippen LogP contribution in [0.15, 0.2) is 53.4 Å². The molecule has 1 fully saturated rings. The molecular weight excluding hydrogens is 437 g/mol. The zero-order valence-electron chi connectivity index (χ0n) is 18.0. The molecule has 0 radical (unpaired) electrons. The van der Waals surface area contributed by atoms with Crippen LogP contribution in [0.4, 0.5) is 14.0 Å². The van der Waals surface area contributed by atoms with Gasteiger partial charge in [0, 0.05) is 26.2 Å². The first-order valence-electron chi connectivity index (χ1n) is 10.3. The summed E-state index contributed by atoms with van der Waals surface area (Å²) in [5.74, 6) is -0.455. The minimum atomic E-state index is -4.17. The Hall–Kier alpha value is -3.14. The molecule has 3 amide bonds. The SMILES string of the molecule is CCOC(=O)N1CCN(C(=O)N(Cc2ccc(F)cc2)S(=O)(=O)c2ccc(C)cc2)CC1. The summed E-state index contributed by atoms with van der Waals surface area (Å²) in [7, 11) is -4.17. The number of carbonyl (C=O) groups excluding carboxylic acids is 2. The van der Waals surface area contributed by atoms with Crippen molar-refractivity contribution < 1.29 is 27.1 Å². The highest BCUT2D eigenvalue weighted by Gasteiger charge is 2.35. The summed E-state index contributed by atoms with van der Waals surface area (Å²) >= 11 is 0. The van der Waals surface area contributed by atoms with Gasteiger partial charge >= 0.3 is 12.1 Å². The average molecular weight is 464 g/mol. The summed E-state index contributed by atoms with van der Waals surface area (Å²) in [4.78, 5) is 28.1. The van der Waals surface area contributed by atoms with Crippen molar-refractivity contribution in [2.24, 2.45) is 0 Å². The Balaban J connectivity index is 1.85. The van der Waals surface area contributed by atoms with Crippen molar-refractivity contribution in [3.63, 3.8) is 0 Å². The third kappa shape index (κ3) is 5.37. The van der Waals surface area contributed by atoms with E-state index in [0.29, 0.717) is 5.56 Å². The van der Waals surface area contributed by atoms with E-state index >= 15 is 0 Å².